The fourth-order valence-corrected chi connectivity index (χ4v) is 1.65. The van der Waals surface area contributed by atoms with Crippen LogP contribution in [0.2, 0.25) is 0 Å². The van der Waals surface area contributed by atoms with Gasteiger partial charge in [0, 0.05) is 6.42 Å². The Hall–Kier alpha value is -1.75. The van der Waals surface area contributed by atoms with Crippen LogP contribution in [0, 0.1) is 0 Å². The molecule has 1 aromatic heterocycles. The molecule has 1 N–H and O–H groups in total. The number of hydrogen-bond acceptors (Lipinski definition) is 4. The molecule has 0 aliphatic carbocycles. The zero-order valence-corrected chi connectivity index (χ0v) is 9.11. The van der Waals surface area contributed by atoms with Crippen LogP contribution < -0.4 is 0 Å². The van der Waals surface area contributed by atoms with Crippen LogP contribution in [-0.4, -0.2) is 31.9 Å². The van der Waals surface area contributed by atoms with Crippen LogP contribution in [0.5, 0.6) is 0 Å². The molecule has 2 aromatic rings. The lowest BCUT2D eigenvalue weighted by Gasteiger charge is -2.13. The summed E-state index contributed by atoms with van der Waals surface area (Å²) in [6.45, 7) is 2.09. The Morgan fingerprint density at radius 3 is 2.75 bits per heavy atom. The Morgan fingerprint density at radius 2 is 2.06 bits per heavy atom. The van der Waals surface area contributed by atoms with E-state index in [1.54, 1.807) is 4.68 Å². The number of benzene rings is 1. The van der Waals surface area contributed by atoms with Gasteiger partial charge in [-0.25, -0.2) is 4.68 Å². The first-order valence-electron chi connectivity index (χ1n) is 5.25. The van der Waals surface area contributed by atoms with E-state index in [2.05, 4.69) is 15.5 Å². The van der Waals surface area contributed by atoms with Crippen molar-refractivity contribution in [1.29, 1.82) is 0 Å². The van der Waals surface area contributed by atoms with E-state index in [1.807, 2.05) is 37.3 Å². The Labute approximate surface area is 93.7 Å². The molecule has 0 bridgehead atoms. The Morgan fingerprint density at radius 1 is 1.31 bits per heavy atom. The summed E-state index contributed by atoms with van der Waals surface area (Å²) < 4.78 is 1.74. The van der Waals surface area contributed by atoms with Crippen molar-refractivity contribution in [3.63, 3.8) is 0 Å². The van der Waals surface area contributed by atoms with Gasteiger partial charge in [-0.3, -0.25) is 0 Å². The summed E-state index contributed by atoms with van der Waals surface area (Å²) in [5.41, 5.74) is 1.15. The summed E-state index contributed by atoms with van der Waals surface area (Å²) in [5, 5.41) is 20.4. The van der Waals surface area contributed by atoms with Gasteiger partial charge in [-0.05, 0) is 22.9 Å². The maximum absolute atomic E-state index is 8.91. The molecule has 1 atom stereocenters. The number of tetrazole rings is 1. The predicted molar refractivity (Wildman–Crippen MR) is 58.9 cm³/mol. The van der Waals surface area contributed by atoms with E-state index in [0.29, 0.717) is 12.2 Å². The first-order chi connectivity index (χ1) is 7.83. The first-order valence-corrected chi connectivity index (χ1v) is 5.25. The van der Waals surface area contributed by atoms with E-state index in [4.69, 9.17) is 5.11 Å². The third-order valence-electron chi connectivity index (χ3n) is 2.55. The van der Waals surface area contributed by atoms with Gasteiger partial charge in [0.15, 0.2) is 5.82 Å². The van der Waals surface area contributed by atoms with Gasteiger partial charge in [0.2, 0.25) is 0 Å². The van der Waals surface area contributed by atoms with Crippen molar-refractivity contribution in [3.05, 3.63) is 41.7 Å². The van der Waals surface area contributed by atoms with E-state index in [0.717, 1.165) is 5.56 Å². The smallest absolute Gasteiger partial charge is 0.154 e. The maximum atomic E-state index is 8.91. The molecular formula is C11H14N4O. The highest BCUT2D eigenvalue weighted by Crippen LogP contribution is 2.16. The maximum Gasteiger partial charge on any atom is 0.154 e. The number of aliphatic hydroxyl groups is 1. The molecule has 0 radical (unpaired) electrons. The lowest BCUT2D eigenvalue weighted by atomic mass is 10.1. The molecule has 1 unspecified atom stereocenters. The molecule has 5 nitrogen and oxygen atoms in total. The highest BCUT2D eigenvalue weighted by molar-refractivity contribution is 5.19. The summed E-state index contributed by atoms with van der Waals surface area (Å²) in [6, 6.07) is 10.1. The van der Waals surface area contributed by atoms with Crippen molar-refractivity contribution in [3.8, 4) is 0 Å². The molecule has 0 saturated carbocycles. The van der Waals surface area contributed by atoms with Crippen molar-refractivity contribution < 1.29 is 5.11 Å². The second-order valence-corrected chi connectivity index (χ2v) is 3.60. The zero-order chi connectivity index (χ0) is 11.4. The molecule has 84 valence electrons. The quantitative estimate of drug-likeness (QED) is 0.825. The minimum atomic E-state index is 0.0574. The second-order valence-electron chi connectivity index (χ2n) is 3.60. The average Bonchev–Trinajstić information content (AvgIpc) is 2.78. The van der Waals surface area contributed by atoms with Crippen LogP contribution in [0.25, 0.3) is 0 Å². The van der Waals surface area contributed by atoms with Crippen molar-refractivity contribution in [1.82, 2.24) is 20.2 Å². The topological polar surface area (TPSA) is 63.8 Å². The number of hydrogen-bond donors (Lipinski definition) is 1. The lowest BCUT2D eigenvalue weighted by molar-refractivity contribution is 0.292. The van der Waals surface area contributed by atoms with Gasteiger partial charge in [0.05, 0.1) is 12.6 Å². The molecule has 16 heavy (non-hydrogen) atoms. The minimum Gasteiger partial charge on any atom is -0.396 e. The number of nitrogens with zero attached hydrogens (tertiary/aromatic N) is 4. The van der Waals surface area contributed by atoms with Gasteiger partial charge in [-0.1, -0.05) is 30.3 Å². The molecular weight excluding hydrogens is 204 g/mol. The molecule has 0 amide bonds. The molecule has 1 aromatic carbocycles. The highest BCUT2D eigenvalue weighted by Gasteiger charge is 2.13. The highest BCUT2D eigenvalue weighted by atomic mass is 16.3. The number of aliphatic hydroxyl groups excluding tert-OH is 1. The van der Waals surface area contributed by atoms with E-state index in [9.17, 15) is 0 Å². The third-order valence-corrected chi connectivity index (χ3v) is 2.55. The summed E-state index contributed by atoms with van der Waals surface area (Å²) in [6.07, 6.45) is 0.476. The Bertz CT molecular complexity index is 440. The summed E-state index contributed by atoms with van der Waals surface area (Å²) in [7, 11) is 0. The number of rotatable bonds is 4. The van der Waals surface area contributed by atoms with Crippen LogP contribution in [-0.2, 0) is 6.42 Å². The Kier molecular flexibility index (Phi) is 3.26. The van der Waals surface area contributed by atoms with Gasteiger partial charge in [-0.15, -0.1) is 5.10 Å². The molecule has 2 rings (SSSR count). The molecule has 0 aliphatic rings. The molecule has 0 saturated heterocycles. The van der Waals surface area contributed by atoms with Crippen LogP contribution in [0.4, 0.5) is 0 Å². The third kappa shape index (κ3) is 2.09. The molecule has 5 heteroatoms. The lowest BCUT2D eigenvalue weighted by Crippen LogP contribution is -2.13. The Balaban J connectivity index is 2.27. The van der Waals surface area contributed by atoms with Crippen molar-refractivity contribution in [2.75, 3.05) is 6.61 Å². The van der Waals surface area contributed by atoms with E-state index >= 15 is 0 Å². The summed E-state index contributed by atoms with van der Waals surface area (Å²) >= 11 is 0. The largest absolute Gasteiger partial charge is 0.396 e. The SMILES string of the molecule is CC(c1ccccc1)n1nnnc1CCO. The van der Waals surface area contributed by atoms with Crippen molar-refractivity contribution in [2.45, 2.75) is 19.4 Å². The predicted octanol–water partition coefficient (Wildman–Crippen LogP) is 0.817. The molecule has 0 aliphatic heterocycles. The molecule has 0 spiro atoms. The zero-order valence-electron chi connectivity index (χ0n) is 9.11. The molecule has 1 heterocycles. The van der Waals surface area contributed by atoms with Gasteiger partial charge >= 0.3 is 0 Å². The van der Waals surface area contributed by atoms with Crippen LogP contribution in [0.3, 0.4) is 0 Å². The first kappa shape index (κ1) is 10.8. The van der Waals surface area contributed by atoms with Gasteiger partial charge in [0.1, 0.15) is 0 Å². The van der Waals surface area contributed by atoms with Crippen LogP contribution in [0.15, 0.2) is 30.3 Å². The second kappa shape index (κ2) is 4.85. The fraction of sp³-hybridized carbons (Fsp3) is 0.364. The van der Waals surface area contributed by atoms with Crippen LogP contribution in [0.1, 0.15) is 24.4 Å². The van der Waals surface area contributed by atoms with E-state index in [1.165, 1.54) is 0 Å². The van der Waals surface area contributed by atoms with E-state index in [-0.39, 0.29) is 12.6 Å². The van der Waals surface area contributed by atoms with Gasteiger partial charge < -0.3 is 5.11 Å². The van der Waals surface area contributed by atoms with Gasteiger partial charge in [-0.2, -0.15) is 0 Å². The fourth-order valence-electron chi connectivity index (χ4n) is 1.65. The minimum absolute atomic E-state index is 0.0574. The van der Waals surface area contributed by atoms with Crippen molar-refractivity contribution >= 4 is 0 Å². The average molecular weight is 218 g/mol. The molecule has 0 fully saturated rings. The van der Waals surface area contributed by atoms with Gasteiger partial charge in [0.25, 0.3) is 0 Å². The summed E-state index contributed by atoms with van der Waals surface area (Å²) in [4.78, 5) is 0. The monoisotopic (exact) mass is 218 g/mol. The number of aromatic nitrogens is 4. The van der Waals surface area contributed by atoms with Crippen molar-refractivity contribution in [2.24, 2.45) is 0 Å². The van der Waals surface area contributed by atoms with Crippen LogP contribution >= 0.6 is 0 Å². The standard InChI is InChI=1S/C11H14N4O/c1-9(10-5-3-2-4-6-10)15-11(7-8-16)12-13-14-15/h2-6,9,16H,7-8H2,1H3. The summed E-state index contributed by atoms with van der Waals surface area (Å²) in [5.74, 6) is 0.707. The normalized spacial score (nSPS) is 12.6. The van der Waals surface area contributed by atoms with E-state index < -0.39 is 0 Å².